The second-order valence-corrected chi connectivity index (χ2v) is 7.47. The van der Waals surface area contributed by atoms with Gasteiger partial charge in [-0.2, -0.15) is 0 Å². The van der Waals surface area contributed by atoms with E-state index in [0.717, 1.165) is 32.4 Å². The number of ether oxygens (including phenoxy) is 1. The van der Waals surface area contributed by atoms with Crippen LogP contribution in [0.15, 0.2) is 30.3 Å². The van der Waals surface area contributed by atoms with Gasteiger partial charge in [0.25, 0.3) is 0 Å². The van der Waals surface area contributed by atoms with Crippen LogP contribution < -0.4 is 11.1 Å². The lowest BCUT2D eigenvalue weighted by atomic mass is 9.90. The minimum absolute atomic E-state index is 0. The largest absolute Gasteiger partial charge is 0.381 e. The molecule has 0 atom stereocenters. The van der Waals surface area contributed by atoms with Crippen molar-refractivity contribution in [2.75, 3.05) is 32.8 Å². The Labute approximate surface area is 167 Å². The van der Waals surface area contributed by atoms with Gasteiger partial charge in [-0.3, -0.25) is 9.59 Å². The van der Waals surface area contributed by atoms with Crippen LogP contribution in [0.4, 0.5) is 0 Å². The number of halogens is 1. The van der Waals surface area contributed by atoms with Crippen molar-refractivity contribution in [3.05, 3.63) is 35.9 Å². The second-order valence-electron chi connectivity index (χ2n) is 7.47. The molecule has 0 spiro atoms. The van der Waals surface area contributed by atoms with Crippen LogP contribution in [-0.4, -0.2) is 55.1 Å². The van der Waals surface area contributed by atoms with E-state index in [1.165, 1.54) is 5.56 Å². The van der Waals surface area contributed by atoms with Crippen LogP contribution in [0.2, 0.25) is 0 Å². The maximum absolute atomic E-state index is 12.4. The van der Waals surface area contributed by atoms with E-state index in [-0.39, 0.29) is 30.8 Å². The summed E-state index contributed by atoms with van der Waals surface area (Å²) in [5, 5.41) is 2.73. The molecule has 0 aliphatic carbocycles. The molecule has 7 heteroatoms. The molecule has 6 nitrogen and oxygen atoms in total. The number of amides is 2. The Morgan fingerprint density at radius 2 is 1.78 bits per heavy atom. The minimum atomic E-state index is -0.902. The van der Waals surface area contributed by atoms with Gasteiger partial charge in [0, 0.05) is 26.3 Å². The summed E-state index contributed by atoms with van der Waals surface area (Å²) in [4.78, 5) is 26.6. The Morgan fingerprint density at radius 1 is 1.15 bits per heavy atom. The molecule has 1 aromatic carbocycles. The van der Waals surface area contributed by atoms with Gasteiger partial charge in [0.2, 0.25) is 11.8 Å². The molecule has 0 radical (unpaired) electrons. The summed E-state index contributed by atoms with van der Waals surface area (Å²) in [5.74, 6) is 0.353. The maximum Gasteiger partial charge on any atom is 0.241 e. The molecule has 27 heavy (non-hydrogen) atoms. The molecule has 2 heterocycles. The van der Waals surface area contributed by atoms with Crippen molar-refractivity contribution in [3.8, 4) is 0 Å². The number of carbonyl (C=O) groups is 2. The van der Waals surface area contributed by atoms with Gasteiger partial charge in [-0.1, -0.05) is 30.3 Å². The first-order valence-electron chi connectivity index (χ1n) is 9.53. The molecule has 3 N–H and O–H groups in total. The molecule has 150 valence electrons. The molecule has 3 rings (SSSR count). The Morgan fingerprint density at radius 3 is 2.41 bits per heavy atom. The van der Waals surface area contributed by atoms with Crippen LogP contribution in [0.5, 0.6) is 0 Å². The molecule has 0 bridgehead atoms. The lowest BCUT2D eigenvalue weighted by Crippen LogP contribution is -2.58. The van der Waals surface area contributed by atoms with Crippen molar-refractivity contribution in [3.63, 3.8) is 0 Å². The molecule has 2 amide bonds. The number of nitrogens with one attached hydrogen (secondary N) is 1. The third-order valence-corrected chi connectivity index (χ3v) is 5.57. The number of hydrogen-bond acceptors (Lipinski definition) is 4. The number of hydrogen-bond donors (Lipinski definition) is 2. The number of nitrogens with zero attached hydrogens (tertiary/aromatic N) is 1. The van der Waals surface area contributed by atoms with E-state index < -0.39 is 5.54 Å². The summed E-state index contributed by atoms with van der Waals surface area (Å²) < 4.78 is 5.25. The van der Waals surface area contributed by atoms with E-state index in [9.17, 15) is 9.59 Å². The summed E-state index contributed by atoms with van der Waals surface area (Å²) >= 11 is 0. The highest BCUT2D eigenvalue weighted by molar-refractivity contribution is 5.90. The normalized spacial score (nSPS) is 19.8. The molecule has 2 aliphatic heterocycles. The Hall–Kier alpha value is -1.63. The van der Waals surface area contributed by atoms with Crippen molar-refractivity contribution < 1.29 is 14.3 Å². The van der Waals surface area contributed by atoms with Gasteiger partial charge >= 0.3 is 0 Å². The predicted molar refractivity (Wildman–Crippen MR) is 107 cm³/mol. The van der Waals surface area contributed by atoms with Gasteiger partial charge in [0.05, 0.1) is 12.1 Å². The fraction of sp³-hybridized carbons (Fsp3) is 0.600. The van der Waals surface area contributed by atoms with Crippen LogP contribution in [0, 0.1) is 5.92 Å². The summed E-state index contributed by atoms with van der Waals surface area (Å²) in [6.07, 6.45) is 4.08. The average molecular weight is 396 g/mol. The van der Waals surface area contributed by atoms with Crippen molar-refractivity contribution in [2.24, 2.45) is 11.7 Å². The zero-order chi connectivity index (χ0) is 18.4. The number of piperidine rings is 1. The fourth-order valence-electron chi connectivity index (χ4n) is 3.74. The fourth-order valence-corrected chi connectivity index (χ4v) is 3.74. The van der Waals surface area contributed by atoms with E-state index in [4.69, 9.17) is 10.5 Å². The van der Waals surface area contributed by atoms with Crippen LogP contribution in [0.3, 0.4) is 0 Å². The minimum Gasteiger partial charge on any atom is -0.381 e. The molecule has 0 saturated carbocycles. The number of rotatable bonds is 5. The third kappa shape index (κ3) is 5.92. The van der Waals surface area contributed by atoms with Gasteiger partial charge in [-0.15, -0.1) is 12.4 Å². The smallest absolute Gasteiger partial charge is 0.241 e. The highest BCUT2D eigenvalue weighted by atomic mass is 35.5. The number of carbonyl (C=O) groups excluding carboxylic acids is 2. The van der Waals surface area contributed by atoms with Gasteiger partial charge in [0.15, 0.2) is 0 Å². The molecular weight excluding hydrogens is 366 g/mol. The second kappa shape index (κ2) is 10.1. The van der Waals surface area contributed by atoms with Gasteiger partial charge < -0.3 is 20.7 Å². The number of benzene rings is 1. The molecule has 0 unspecified atom stereocenters. The Balaban J connectivity index is 0.00000261. The standard InChI is InChI=1S/C20H29N3O3.ClH/c21-20(8-12-26-13-9-20)19(25)22-15-18(24)23-10-6-17(7-11-23)14-16-4-2-1-3-5-16;/h1-5,17H,6-15,21H2,(H,22,25);1H. The molecule has 1 aromatic rings. The van der Waals surface area contributed by atoms with Gasteiger partial charge in [0.1, 0.15) is 0 Å². The van der Waals surface area contributed by atoms with Crippen molar-refractivity contribution >= 4 is 24.2 Å². The summed E-state index contributed by atoms with van der Waals surface area (Å²) in [6, 6.07) is 10.5. The van der Waals surface area contributed by atoms with Crippen LogP contribution in [0.1, 0.15) is 31.2 Å². The van der Waals surface area contributed by atoms with Crippen LogP contribution in [0.25, 0.3) is 0 Å². The van der Waals surface area contributed by atoms with Gasteiger partial charge in [-0.25, -0.2) is 0 Å². The molecular formula is C20H30ClN3O3. The van der Waals surface area contributed by atoms with Crippen LogP contribution >= 0.6 is 12.4 Å². The first-order chi connectivity index (χ1) is 12.6. The summed E-state index contributed by atoms with van der Waals surface area (Å²) in [6.45, 7) is 2.53. The molecule has 2 aliphatic rings. The number of nitrogens with two attached hydrogens (primary N) is 1. The summed E-state index contributed by atoms with van der Waals surface area (Å²) in [7, 11) is 0. The highest BCUT2D eigenvalue weighted by Crippen LogP contribution is 2.22. The van der Waals surface area contributed by atoms with E-state index >= 15 is 0 Å². The zero-order valence-corrected chi connectivity index (χ0v) is 16.5. The molecule has 2 saturated heterocycles. The monoisotopic (exact) mass is 395 g/mol. The SMILES string of the molecule is Cl.NC1(C(=O)NCC(=O)N2CCC(Cc3ccccc3)CC2)CCOCC1. The molecule has 2 fully saturated rings. The first-order valence-corrected chi connectivity index (χ1v) is 9.53. The van der Waals surface area contributed by atoms with E-state index in [2.05, 4.69) is 29.6 Å². The lowest BCUT2D eigenvalue weighted by Gasteiger charge is -2.34. The lowest BCUT2D eigenvalue weighted by molar-refractivity contribution is -0.136. The Kier molecular flexibility index (Phi) is 8.07. The van der Waals surface area contributed by atoms with Crippen LogP contribution in [-0.2, 0) is 20.7 Å². The van der Waals surface area contributed by atoms with E-state index in [1.807, 2.05) is 11.0 Å². The first kappa shape index (κ1) is 21.7. The third-order valence-electron chi connectivity index (χ3n) is 5.57. The average Bonchev–Trinajstić information content (AvgIpc) is 2.68. The quantitative estimate of drug-likeness (QED) is 0.791. The van der Waals surface area contributed by atoms with E-state index in [1.54, 1.807) is 0 Å². The van der Waals surface area contributed by atoms with Crippen molar-refractivity contribution in [2.45, 2.75) is 37.6 Å². The van der Waals surface area contributed by atoms with Crippen molar-refractivity contribution in [1.29, 1.82) is 0 Å². The Bertz CT molecular complexity index is 612. The topological polar surface area (TPSA) is 84.7 Å². The maximum atomic E-state index is 12.4. The van der Waals surface area contributed by atoms with Gasteiger partial charge in [-0.05, 0) is 43.6 Å². The molecule has 0 aromatic heterocycles. The highest BCUT2D eigenvalue weighted by Gasteiger charge is 2.36. The zero-order valence-electron chi connectivity index (χ0n) is 15.7. The van der Waals surface area contributed by atoms with E-state index in [0.29, 0.717) is 32.0 Å². The van der Waals surface area contributed by atoms with Crippen molar-refractivity contribution in [1.82, 2.24) is 10.2 Å². The number of likely N-dealkylation sites (tertiary alicyclic amines) is 1. The summed E-state index contributed by atoms with van der Waals surface area (Å²) in [5.41, 5.74) is 6.60. The predicted octanol–water partition coefficient (Wildman–Crippen LogP) is 1.51.